The van der Waals surface area contributed by atoms with Crippen LogP contribution in [-0.4, -0.2) is 30.3 Å². The molecule has 1 aromatic carbocycles. The monoisotopic (exact) mass is 402 g/mol. The molecule has 0 radical (unpaired) electrons. The van der Waals surface area contributed by atoms with Crippen molar-refractivity contribution in [2.24, 2.45) is 0 Å². The first kappa shape index (κ1) is 18.5. The Labute approximate surface area is 172 Å². The van der Waals surface area contributed by atoms with Crippen molar-refractivity contribution in [3.63, 3.8) is 0 Å². The quantitative estimate of drug-likeness (QED) is 0.554. The number of anilines is 1. The number of nitrogens with one attached hydrogen (secondary N) is 1. The first-order valence-corrected chi connectivity index (χ1v) is 10.1. The molecule has 0 aliphatic heterocycles. The zero-order chi connectivity index (χ0) is 20.8. The number of hydrogen-bond donors (Lipinski definition) is 1. The third-order valence-corrected chi connectivity index (χ3v) is 5.48. The molecular formula is C22H22N6O2. The van der Waals surface area contributed by atoms with Crippen molar-refractivity contribution in [2.75, 3.05) is 5.32 Å². The topological polar surface area (TPSA) is 94.2 Å². The van der Waals surface area contributed by atoms with E-state index in [-0.39, 0.29) is 23.9 Å². The van der Waals surface area contributed by atoms with E-state index in [0.717, 1.165) is 11.1 Å². The Morgan fingerprint density at radius 2 is 2.03 bits per heavy atom. The van der Waals surface area contributed by atoms with Crippen LogP contribution < -0.4 is 10.9 Å². The number of benzene rings is 1. The number of pyridine rings is 1. The number of rotatable bonds is 5. The van der Waals surface area contributed by atoms with Crippen LogP contribution in [0.4, 0.5) is 5.69 Å². The molecule has 0 unspecified atom stereocenters. The van der Waals surface area contributed by atoms with Gasteiger partial charge >= 0.3 is 0 Å². The molecule has 0 bridgehead atoms. The summed E-state index contributed by atoms with van der Waals surface area (Å²) in [5, 5.41) is 16.6. The van der Waals surface area contributed by atoms with Gasteiger partial charge in [0.15, 0.2) is 5.65 Å². The Bertz CT molecular complexity index is 1330. The van der Waals surface area contributed by atoms with Crippen molar-refractivity contribution in [1.29, 1.82) is 0 Å². The van der Waals surface area contributed by atoms with Crippen molar-refractivity contribution < 1.29 is 4.79 Å². The fraction of sp³-hybridized carbons (Fsp3) is 0.318. The lowest BCUT2D eigenvalue weighted by molar-refractivity contribution is -0.117. The Balaban J connectivity index is 1.47. The van der Waals surface area contributed by atoms with Crippen LogP contribution in [0.5, 0.6) is 0 Å². The van der Waals surface area contributed by atoms with Crippen LogP contribution in [0.25, 0.3) is 16.4 Å². The molecule has 0 spiro atoms. The van der Waals surface area contributed by atoms with Crippen molar-refractivity contribution >= 4 is 28.0 Å². The van der Waals surface area contributed by atoms with Crippen molar-refractivity contribution in [1.82, 2.24) is 24.4 Å². The van der Waals surface area contributed by atoms with Gasteiger partial charge < -0.3 is 5.32 Å². The molecule has 3 heterocycles. The average Bonchev–Trinajstić information content (AvgIpc) is 3.47. The highest BCUT2D eigenvalue weighted by atomic mass is 16.2. The molecule has 1 amide bonds. The average molecular weight is 402 g/mol. The summed E-state index contributed by atoms with van der Waals surface area (Å²) in [5.41, 5.74) is 3.14. The summed E-state index contributed by atoms with van der Waals surface area (Å²) in [7, 11) is 0. The maximum absolute atomic E-state index is 13.0. The van der Waals surface area contributed by atoms with Gasteiger partial charge in [-0.1, -0.05) is 19.9 Å². The standard InChI is InChI=1S/C22H22N6O2/c1-13(2)21-18-9-15(14-3-4-14)5-7-17(18)22(30)28(26-21)11-20(29)24-16-6-8-19-25-23-12-27(19)10-16/h5-10,12-14H,3-4,11H2,1-2H3,(H,24,29). The van der Waals surface area contributed by atoms with Gasteiger partial charge in [-0.25, -0.2) is 4.68 Å². The molecule has 30 heavy (non-hydrogen) atoms. The fourth-order valence-corrected chi connectivity index (χ4v) is 3.77. The first-order valence-electron chi connectivity index (χ1n) is 10.1. The molecule has 8 heteroatoms. The summed E-state index contributed by atoms with van der Waals surface area (Å²) in [6.45, 7) is 3.95. The molecular weight excluding hydrogens is 380 g/mol. The van der Waals surface area contributed by atoms with E-state index in [0.29, 0.717) is 22.6 Å². The molecule has 0 atom stereocenters. The highest BCUT2D eigenvalue weighted by Crippen LogP contribution is 2.41. The summed E-state index contributed by atoms with van der Waals surface area (Å²) < 4.78 is 2.98. The van der Waals surface area contributed by atoms with Crippen LogP contribution in [0.1, 0.15) is 49.8 Å². The lowest BCUT2D eigenvalue weighted by Gasteiger charge is -2.14. The van der Waals surface area contributed by atoms with E-state index in [4.69, 9.17) is 0 Å². The number of carbonyl (C=O) groups excluding carboxylic acids is 1. The summed E-state index contributed by atoms with van der Waals surface area (Å²) >= 11 is 0. The Kier molecular flexibility index (Phi) is 4.34. The highest BCUT2D eigenvalue weighted by molar-refractivity contribution is 5.91. The van der Waals surface area contributed by atoms with E-state index in [1.165, 1.54) is 23.1 Å². The maximum atomic E-state index is 13.0. The summed E-state index contributed by atoms with van der Waals surface area (Å²) in [5.74, 6) is 0.416. The second-order valence-electron chi connectivity index (χ2n) is 8.14. The molecule has 5 rings (SSSR count). The third-order valence-electron chi connectivity index (χ3n) is 5.48. The van der Waals surface area contributed by atoms with Crippen LogP contribution in [0, 0.1) is 0 Å². The molecule has 152 valence electrons. The maximum Gasteiger partial charge on any atom is 0.275 e. The van der Waals surface area contributed by atoms with Gasteiger partial charge in [0.2, 0.25) is 5.91 Å². The number of hydrogen-bond acceptors (Lipinski definition) is 5. The number of carbonyl (C=O) groups is 1. The van der Waals surface area contributed by atoms with Gasteiger partial charge in [-0.3, -0.25) is 14.0 Å². The Hall–Kier alpha value is -3.55. The smallest absolute Gasteiger partial charge is 0.275 e. The van der Waals surface area contributed by atoms with E-state index in [9.17, 15) is 9.59 Å². The number of fused-ring (bicyclic) bond motifs is 2. The fourth-order valence-electron chi connectivity index (χ4n) is 3.77. The van der Waals surface area contributed by atoms with Crippen molar-refractivity contribution in [2.45, 2.75) is 45.1 Å². The lowest BCUT2D eigenvalue weighted by atomic mass is 9.99. The van der Waals surface area contributed by atoms with E-state index in [1.54, 1.807) is 29.1 Å². The van der Waals surface area contributed by atoms with Gasteiger partial charge in [-0.15, -0.1) is 10.2 Å². The highest BCUT2D eigenvalue weighted by Gasteiger charge is 2.25. The van der Waals surface area contributed by atoms with Crippen LogP contribution >= 0.6 is 0 Å². The molecule has 1 aliphatic rings. The van der Waals surface area contributed by atoms with Gasteiger partial charge in [0.25, 0.3) is 5.56 Å². The van der Waals surface area contributed by atoms with Gasteiger partial charge in [0.05, 0.1) is 16.8 Å². The minimum absolute atomic E-state index is 0.132. The van der Waals surface area contributed by atoms with Crippen LogP contribution in [-0.2, 0) is 11.3 Å². The number of nitrogens with zero attached hydrogens (tertiary/aromatic N) is 5. The normalized spacial score (nSPS) is 14.0. The van der Waals surface area contributed by atoms with E-state index >= 15 is 0 Å². The molecule has 4 aromatic rings. The summed E-state index contributed by atoms with van der Waals surface area (Å²) in [4.78, 5) is 25.7. The van der Waals surface area contributed by atoms with Gasteiger partial charge in [0.1, 0.15) is 12.9 Å². The largest absolute Gasteiger partial charge is 0.323 e. The van der Waals surface area contributed by atoms with Crippen LogP contribution in [0.15, 0.2) is 47.7 Å². The number of amides is 1. The molecule has 1 N–H and O–H groups in total. The lowest BCUT2D eigenvalue weighted by Crippen LogP contribution is -2.31. The summed E-state index contributed by atoms with van der Waals surface area (Å²) in [6, 6.07) is 9.53. The minimum Gasteiger partial charge on any atom is -0.323 e. The van der Waals surface area contributed by atoms with Gasteiger partial charge in [-0.2, -0.15) is 5.10 Å². The van der Waals surface area contributed by atoms with Gasteiger partial charge in [-0.05, 0) is 54.5 Å². The Morgan fingerprint density at radius 3 is 2.80 bits per heavy atom. The first-order chi connectivity index (χ1) is 14.5. The molecule has 1 aliphatic carbocycles. The molecule has 1 fully saturated rings. The van der Waals surface area contributed by atoms with Crippen LogP contribution in [0.3, 0.4) is 0 Å². The number of aromatic nitrogens is 5. The van der Waals surface area contributed by atoms with Crippen molar-refractivity contribution in [3.05, 3.63) is 64.5 Å². The molecule has 1 saturated carbocycles. The minimum atomic E-state index is -0.319. The SMILES string of the molecule is CC(C)c1nn(CC(=O)Nc2ccc3nncn3c2)c(=O)c2ccc(C3CC3)cc12. The van der Waals surface area contributed by atoms with Gasteiger partial charge in [0, 0.05) is 11.6 Å². The second-order valence-corrected chi connectivity index (χ2v) is 8.14. The molecule has 0 saturated heterocycles. The van der Waals surface area contributed by atoms with Crippen molar-refractivity contribution in [3.8, 4) is 0 Å². The van der Waals surface area contributed by atoms with E-state index < -0.39 is 0 Å². The van der Waals surface area contributed by atoms with E-state index in [2.05, 4.69) is 40.5 Å². The second kappa shape index (κ2) is 7.05. The predicted molar refractivity (Wildman–Crippen MR) is 114 cm³/mol. The zero-order valence-electron chi connectivity index (χ0n) is 16.9. The molecule has 3 aromatic heterocycles. The predicted octanol–water partition coefficient (Wildman–Crippen LogP) is 3.08. The zero-order valence-corrected chi connectivity index (χ0v) is 16.9. The third kappa shape index (κ3) is 3.34. The summed E-state index contributed by atoms with van der Waals surface area (Å²) in [6.07, 6.45) is 5.69. The van der Waals surface area contributed by atoms with E-state index in [1.807, 2.05) is 12.1 Å². The Morgan fingerprint density at radius 1 is 1.20 bits per heavy atom. The van der Waals surface area contributed by atoms with Crippen LogP contribution in [0.2, 0.25) is 0 Å². The molecule has 8 nitrogen and oxygen atoms in total.